The van der Waals surface area contributed by atoms with Crippen LogP contribution in [0.15, 0.2) is 38.0 Å². The molecule has 20 heavy (non-hydrogen) atoms. The summed E-state index contributed by atoms with van der Waals surface area (Å²) in [6, 6.07) is 5.74. The summed E-state index contributed by atoms with van der Waals surface area (Å²) in [6.07, 6.45) is 1.65. The molecule has 0 radical (unpaired) electrons. The van der Waals surface area contributed by atoms with Crippen LogP contribution in [0.1, 0.15) is 17.2 Å². The van der Waals surface area contributed by atoms with Crippen molar-refractivity contribution >= 4 is 31.9 Å². The van der Waals surface area contributed by atoms with Gasteiger partial charge < -0.3 is 19.2 Å². The van der Waals surface area contributed by atoms with Gasteiger partial charge in [0.25, 0.3) is 0 Å². The fourth-order valence-corrected chi connectivity index (χ4v) is 3.10. The van der Waals surface area contributed by atoms with E-state index >= 15 is 0 Å². The van der Waals surface area contributed by atoms with E-state index in [-0.39, 0.29) is 6.04 Å². The molecule has 0 spiro atoms. The minimum atomic E-state index is -0.0303. The van der Waals surface area contributed by atoms with Gasteiger partial charge in [0, 0.05) is 10.0 Å². The second-order valence-electron chi connectivity index (χ2n) is 4.10. The van der Waals surface area contributed by atoms with E-state index in [0.717, 1.165) is 15.6 Å². The Morgan fingerprint density at radius 3 is 2.25 bits per heavy atom. The number of benzene rings is 1. The second kappa shape index (κ2) is 6.65. The third-order valence-corrected chi connectivity index (χ3v) is 4.39. The summed E-state index contributed by atoms with van der Waals surface area (Å²) >= 11 is 7.00. The molecule has 0 saturated heterocycles. The molecule has 1 unspecified atom stereocenters. The highest BCUT2D eigenvalue weighted by atomic mass is 79.9. The van der Waals surface area contributed by atoms with Crippen LogP contribution in [0.4, 0.5) is 0 Å². The van der Waals surface area contributed by atoms with Gasteiger partial charge in [-0.1, -0.05) is 15.9 Å². The van der Waals surface area contributed by atoms with Gasteiger partial charge in [-0.05, 0) is 46.7 Å². The predicted octanol–water partition coefficient (Wildman–Crippen LogP) is 4.13. The number of hydrogen-bond donors (Lipinski definition) is 1. The average Bonchev–Trinajstić information content (AvgIpc) is 2.87. The fourth-order valence-electron chi connectivity index (χ4n) is 2.08. The molecular weight excluding hydrogens is 390 g/mol. The van der Waals surface area contributed by atoms with Crippen molar-refractivity contribution < 1.29 is 13.9 Å². The number of furan rings is 1. The zero-order valence-electron chi connectivity index (χ0n) is 11.4. The minimum Gasteiger partial charge on any atom is -0.493 e. The Bertz CT molecular complexity index is 598. The molecule has 0 saturated carbocycles. The molecular formula is C14H15Br2NO3. The lowest BCUT2D eigenvalue weighted by molar-refractivity contribution is 0.354. The van der Waals surface area contributed by atoms with Crippen LogP contribution in [0, 0.1) is 0 Å². The van der Waals surface area contributed by atoms with E-state index in [0.29, 0.717) is 16.2 Å². The molecule has 0 aliphatic carbocycles. The number of halogens is 2. The van der Waals surface area contributed by atoms with E-state index in [9.17, 15) is 0 Å². The molecule has 1 aromatic carbocycles. The Hall–Kier alpha value is -0.980. The molecule has 6 heteroatoms. The zero-order chi connectivity index (χ0) is 14.7. The Balaban J connectivity index is 2.52. The SMILES string of the molecule is CNC(c1cc(OC)c(OC)cc1Br)c1ccoc1Br. The van der Waals surface area contributed by atoms with Crippen LogP contribution in [0.5, 0.6) is 11.5 Å². The van der Waals surface area contributed by atoms with Crippen molar-refractivity contribution in [3.63, 3.8) is 0 Å². The lowest BCUT2D eigenvalue weighted by atomic mass is 10.0. The third kappa shape index (κ3) is 2.87. The van der Waals surface area contributed by atoms with Gasteiger partial charge in [0.2, 0.25) is 0 Å². The van der Waals surface area contributed by atoms with Gasteiger partial charge in [0.15, 0.2) is 16.2 Å². The van der Waals surface area contributed by atoms with Crippen LogP contribution in [0.3, 0.4) is 0 Å². The summed E-state index contributed by atoms with van der Waals surface area (Å²) in [5.74, 6) is 1.37. The molecule has 1 atom stereocenters. The molecule has 1 heterocycles. The molecule has 0 aliphatic rings. The molecule has 0 amide bonds. The Morgan fingerprint density at radius 2 is 1.75 bits per heavy atom. The summed E-state index contributed by atoms with van der Waals surface area (Å²) in [4.78, 5) is 0. The first kappa shape index (κ1) is 15.4. The Morgan fingerprint density at radius 1 is 1.10 bits per heavy atom. The molecule has 2 rings (SSSR count). The van der Waals surface area contributed by atoms with E-state index in [2.05, 4.69) is 37.2 Å². The van der Waals surface area contributed by atoms with Crippen LogP contribution in [-0.4, -0.2) is 21.3 Å². The van der Waals surface area contributed by atoms with E-state index in [1.807, 2.05) is 25.2 Å². The van der Waals surface area contributed by atoms with Crippen molar-refractivity contribution in [2.24, 2.45) is 0 Å². The number of methoxy groups -OCH3 is 2. The molecule has 0 bridgehead atoms. The number of ether oxygens (including phenoxy) is 2. The van der Waals surface area contributed by atoms with E-state index < -0.39 is 0 Å². The first-order valence-corrected chi connectivity index (χ1v) is 7.52. The first-order chi connectivity index (χ1) is 9.62. The van der Waals surface area contributed by atoms with Gasteiger partial charge in [0.1, 0.15) is 0 Å². The standard InChI is InChI=1S/C14H15Br2NO3/c1-17-13(8-4-5-20-14(8)16)9-6-11(18-2)12(19-3)7-10(9)15/h4-7,13,17H,1-3H3. The summed E-state index contributed by atoms with van der Waals surface area (Å²) in [5.41, 5.74) is 2.05. The van der Waals surface area contributed by atoms with Crippen molar-refractivity contribution in [3.05, 3.63) is 44.7 Å². The minimum absolute atomic E-state index is 0.0303. The molecule has 0 fully saturated rings. The lowest BCUT2D eigenvalue weighted by Gasteiger charge is -2.19. The maximum Gasteiger partial charge on any atom is 0.174 e. The lowest BCUT2D eigenvalue weighted by Crippen LogP contribution is -2.18. The van der Waals surface area contributed by atoms with Crippen LogP contribution >= 0.6 is 31.9 Å². The zero-order valence-corrected chi connectivity index (χ0v) is 14.5. The van der Waals surface area contributed by atoms with Crippen molar-refractivity contribution in [1.82, 2.24) is 5.32 Å². The maximum absolute atomic E-state index is 5.37. The normalized spacial score (nSPS) is 12.2. The van der Waals surface area contributed by atoms with E-state index in [1.165, 1.54) is 0 Å². The molecule has 0 aliphatic heterocycles. The summed E-state index contributed by atoms with van der Waals surface area (Å²) in [5, 5.41) is 3.27. The van der Waals surface area contributed by atoms with Crippen LogP contribution in [0.2, 0.25) is 0 Å². The van der Waals surface area contributed by atoms with Gasteiger partial charge in [-0.3, -0.25) is 0 Å². The Labute approximate surface area is 134 Å². The van der Waals surface area contributed by atoms with Gasteiger partial charge in [-0.25, -0.2) is 0 Å². The van der Waals surface area contributed by atoms with Crippen LogP contribution < -0.4 is 14.8 Å². The predicted molar refractivity (Wildman–Crippen MR) is 84.6 cm³/mol. The van der Waals surface area contributed by atoms with Crippen LogP contribution in [-0.2, 0) is 0 Å². The molecule has 1 aromatic heterocycles. The molecule has 4 nitrogen and oxygen atoms in total. The topological polar surface area (TPSA) is 43.6 Å². The largest absolute Gasteiger partial charge is 0.493 e. The first-order valence-electron chi connectivity index (χ1n) is 5.94. The monoisotopic (exact) mass is 403 g/mol. The second-order valence-corrected chi connectivity index (χ2v) is 5.67. The van der Waals surface area contributed by atoms with E-state index in [1.54, 1.807) is 20.5 Å². The highest BCUT2D eigenvalue weighted by molar-refractivity contribution is 9.10. The maximum atomic E-state index is 5.37. The van der Waals surface area contributed by atoms with Gasteiger partial charge in [-0.15, -0.1) is 0 Å². The summed E-state index contributed by atoms with van der Waals surface area (Å²) in [7, 11) is 5.14. The fraction of sp³-hybridized carbons (Fsp3) is 0.286. The smallest absolute Gasteiger partial charge is 0.174 e. The highest BCUT2D eigenvalue weighted by Gasteiger charge is 2.21. The number of nitrogens with one attached hydrogen (secondary N) is 1. The molecule has 108 valence electrons. The highest BCUT2D eigenvalue weighted by Crippen LogP contribution is 2.39. The average molecular weight is 405 g/mol. The summed E-state index contributed by atoms with van der Waals surface area (Å²) < 4.78 is 17.6. The molecule has 2 aromatic rings. The quantitative estimate of drug-likeness (QED) is 0.813. The number of hydrogen-bond acceptors (Lipinski definition) is 4. The Kier molecular flexibility index (Phi) is 5.12. The van der Waals surface area contributed by atoms with Gasteiger partial charge in [0.05, 0.1) is 26.5 Å². The van der Waals surface area contributed by atoms with Crippen molar-refractivity contribution in [2.45, 2.75) is 6.04 Å². The number of rotatable bonds is 5. The van der Waals surface area contributed by atoms with Crippen LogP contribution in [0.25, 0.3) is 0 Å². The summed E-state index contributed by atoms with van der Waals surface area (Å²) in [6.45, 7) is 0. The van der Waals surface area contributed by atoms with Crippen molar-refractivity contribution in [2.75, 3.05) is 21.3 Å². The van der Waals surface area contributed by atoms with Crippen molar-refractivity contribution in [1.29, 1.82) is 0 Å². The van der Waals surface area contributed by atoms with Gasteiger partial charge in [-0.2, -0.15) is 0 Å². The third-order valence-electron chi connectivity index (χ3n) is 3.06. The van der Waals surface area contributed by atoms with E-state index in [4.69, 9.17) is 13.9 Å². The van der Waals surface area contributed by atoms with Crippen molar-refractivity contribution in [3.8, 4) is 11.5 Å². The van der Waals surface area contributed by atoms with Gasteiger partial charge >= 0.3 is 0 Å². The molecule has 1 N–H and O–H groups in total.